The minimum atomic E-state index is -1.58. The number of H-pyrrole nitrogens is 2. The van der Waals surface area contributed by atoms with Crippen LogP contribution in [0.4, 0.5) is 0 Å². The summed E-state index contributed by atoms with van der Waals surface area (Å²) in [5.41, 5.74) is -3.16. The highest BCUT2D eigenvalue weighted by atomic mass is 16.6. The molecule has 10 nitrogen and oxygen atoms in total. The number of nitrogens with one attached hydrogen (secondary N) is 2. The molecule has 1 aromatic heterocycles. The van der Waals surface area contributed by atoms with E-state index in [9.17, 15) is 24.6 Å². The molecule has 100 valence electrons. The molecule has 0 unspecified atom stereocenters. The van der Waals surface area contributed by atoms with Crippen LogP contribution in [0.25, 0.3) is 0 Å². The molecule has 0 aliphatic carbocycles. The molecule has 0 amide bonds. The molecule has 5 N–H and O–H groups in total. The van der Waals surface area contributed by atoms with E-state index in [0.717, 1.165) is 0 Å². The quantitative estimate of drug-likeness (QED) is 0.361. The molecule has 1 aliphatic heterocycles. The van der Waals surface area contributed by atoms with Gasteiger partial charge in [0.15, 0.2) is 6.23 Å². The first-order valence-corrected chi connectivity index (χ1v) is 5.03. The Hall–Kier alpha value is -1.75. The van der Waals surface area contributed by atoms with Crippen LogP contribution in [0.5, 0.6) is 0 Å². The summed E-state index contributed by atoms with van der Waals surface area (Å²) in [5.74, 6) is 0. The Morgan fingerprint density at radius 2 is 1.67 bits per heavy atom. The van der Waals surface area contributed by atoms with E-state index in [2.05, 4.69) is 0 Å². The number of aromatic amines is 2. The van der Waals surface area contributed by atoms with Crippen molar-refractivity contribution >= 4 is 0 Å². The smallest absolute Gasteiger partial charge is 0.335 e. The van der Waals surface area contributed by atoms with E-state index in [0.29, 0.717) is 4.57 Å². The fraction of sp³-hybridized carbons (Fsp3) is 0.625. The predicted octanol–water partition coefficient (Wildman–Crippen LogP) is -4.16. The van der Waals surface area contributed by atoms with Crippen LogP contribution in [0.15, 0.2) is 14.4 Å². The number of rotatable bonds is 2. The summed E-state index contributed by atoms with van der Waals surface area (Å²) in [6, 6.07) is 0. The molecule has 4 atom stereocenters. The third kappa shape index (κ3) is 1.90. The second kappa shape index (κ2) is 4.49. The zero-order valence-corrected chi connectivity index (χ0v) is 8.94. The zero-order chi connectivity index (χ0) is 13.4. The summed E-state index contributed by atoms with van der Waals surface area (Å²) >= 11 is 0. The molecule has 0 saturated carbocycles. The topological polar surface area (TPSA) is 158 Å². The summed E-state index contributed by atoms with van der Waals surface area (Å²) in [5, 5.41) is 28.0. The molecule has 18 heavy (non-hydrogen) atoms. The number of hydrogen-bond donors (Lipinski definition) is 5. The van der Waals surface area contributed by atoms with Gasteiger partial charge in [-0.25, -0.2) is 19.0 Å². The van der Waals surface area contributed by atoms with E-state index in [4.69, 9.17) is 9.84 Å². The van der Waals surface area contributed by atoms with Crippen molar-refractivity contribution in [3.05, 3.63) is 31.5 Å². The predicted molar refractivity (Wildman–Crippen MR) is 55.0 cm³/mol. The third-order valence-electron chi connectivity index (χ3n) is 2.65. The van der Waals surface area contributed by atoms with Gasteiger partial charge in [0.2, 0.25) is 0 Å². The van der Waals surface area contributed by atoms with Gasteiger partial charge in [0.25, 0.3) is 0 Å². The van der Waals surface area contributed by atoms with Gasteiger partial charge in [0.1, 0.15) is 18.3 Å². The zero-order valence-electron chi connectivity index (χ0n) is 8.94. The summed E-state index contributed by atoms with van der Waals surface area (Å²) < 4.78 is 5.42. The lowest BCUT2D eigenvalue weighted by Gasteiger charge is -2.15. The van der Waals surface area contributed by atoms with E-state index < -0.39 is 48.2 Å². The molecule has 2 heterocycles. The summed E-state index contributed by atoms with van der Waals surface area (Å²) in [4.78, 5) is 37.3. The van der Waals surface area contributed by atoms with Gasteiger partial charge in [-0.15, -0.1) is 0 Å². The van der Waals surface area contributed by atoms with Crippen molar-refractivity contribution in [2.24, 2.45) is 0 Å². The van der Waals surface area contributed by atoms with Crippen molar-refractivity contribution in [2.75, 3.05) is 6.61 Å². The highest BCUT2D eigenvalue weighted by Crippen LogP contribution is 2.26. The van der Waals surface area contributed by atoms with Crippen LogP contribution in [0.2, 0.25) is 0 Å². The van der Waals surface area contributed by atoms with Gasteiger partial charge in [0.05, 0.1) is 6.61 Å². The molecule has 0 bridgehead atoms. The van der Waals surface area contributed by atoms with Crippen molar-refractivity contribution in [2.45, 2.75) is 24.5 Å². The molecule has 10 heteroatoms. The standard InChI is InChI=1S/C8H11N3O7/c12-1-2-3(13)4(14)5(18-2)11-7(16)9-6(15)10-8(11)17/h2-5,12-14H,1H2,(H2,9,10,15,16,17)/t2-,3-,4-,5-/m1/s1. The number of hydrogen-bond acceptors (Lipinski definition) is 7. The van der Waals surface area contributed by atoms with Gasteiger partial charge >= 0.3 is 17.1 Å². The summed E-state index contributed by atoms with van der Waals surface area (Å²) in [7, 11) is 0. The van der Waals surface area contributed by atoms with Gasteiger partial charge in [-0.1, -0.05) is 0 Å². The maximum Gasteiger partial charge on any atom is 0.335 e. The van der Waals surface area contributed by atoms with Crippen LogP contribution in [-0.2, 0) is 4.74 Å². The Morgan fingerprint density at radius 1 is 1.11 bits per heavy atom. The number of ether oxygens (including phenoxy) is 1. The van der Waals surface area contributed by atoms with E-state index >= 15 is 0 Å². The molecule has 2 rings (SSSR count). The fourth-order valence-electron chi connectivity index (χ4n) is 1.76. The summed E-state index contributed by atoms with van der Waals surface area (Å²) in [6.45, 7) is -0.593. The van der Waals surface area contributed by atoms with E-state index in [1.54, 1.807) is 9.97 Å². The first kappa shape index (κ1) is 12.7. The van der Waals surface area contributed by atoms with Gasteiger partial charge in [-0.2, -0.15) is 0 Å². The van der Waals surface area contributed by atoms with E-state index in [-0.39, 0.29) is 0 Å². The molecular formula is C8H11N3O7. The van der Waals surface area contributed by atoms with Crippen LogP contribution in [0.1, 0.15) is 6.23 Å². The first-order chi connectivity index (χ1) is 8.45. The minimum Gasteiger partial charge on any atom is -0.394 e. The molecular weight excluding hydrogens is 250 g/mol. The average Bonchev–Trinajstić information content (AvgIpc) is 2.56. The minimum absolute atomic E-state index is 0.422. The number of aliphatic hydroxyl groups is 3. The highest BCUT2D eigenvalue weighted by Gasteiger charge is 2.44. The van der Waals surface area contributed by atoms with Crippen molar-refractivity contribution in [1.82, 2.24) is 14.5 Å². The van der Waals surface area contributed by atoms with Gasteiger partial charge in [0, 0.05) is 0 Å². The van der Waals surface area contributed by atoms with Crippen LogP contribution in [0.3, 0.4) is 0 Å². The van der Waals surface area contributed by atoms with Crippen molar-refractivity contribution in [3.8, 4) is 0 Å². The van der Waals surface area contributed by atoms with E-state index in [1.165, 1.54) is 0 Å². The van der Waals surface area contributed by atoms with Gasteiger partial charge in [-0.05, 0) is 0 Å². The molecule has 0 spiro atoms. The third-order valence-corrected chi connectivity index (χ3v) is 2.65. The van der Waals surface area contributed by atoms with Crippen LogP contribution in [-0.4, -0.2) is 54.8 Å². The van der Waals surface area contributed by atoms with E-state index in [1.807, 2.05) is 0 Å². The molecule has 0 aromatic carbocycles. The van der Waals surface area contributed by atoms with Crippen molar-refractivity contribution in [3.63, 3.8) is 0 Å². The maximum atomic E-state index is 11.4. The van der Waals surface area contributed by atoms with Gasteiger partial charge in [-0.3, -0.25) is 9.97 Å². The lowest BCUT2D eigenvalue weighted by molar-refractivity contribution is -0.0572. The molecule has 0 radical (unpaired) electrons. The fourth-order valence-corrected chi connectivity index (χ4v) is 1.76. The number of aromatic nitrogens is 3. The molecule has 1 saturated heterocycles. The van der Waals surface area contributed by atoms with Crippen LogP contribution < -0.4 is 17.1 Å². The second-order valence-electron chi connectivity index (χ2n) is 3.79. The van der Waals surface area contributed by atoms with Gasteiger partial charge < -0.3 is 20.1 Å². The Bertz CT molecular complexity index is 567. The molecule has 1 fully saturated rings. The maximum absolute atomic E-state index is 11.4. The largest absolute Gasteiger partial charge is 0.394 e. The monoisotopic (exact) mass is 261 g/mol. The molecule has 1 aliphatic rings. The lowest BCUT2D eigenvalue weighted by Crippen LogP contribution is -2.47. The molecule has 1 aromatic rings. The van der Waals surface area contributed by atoms with Crippen molar-refractivity contribution in [1.29, 1.82) is 0 Å². The van der Waals surface area contributed by atoms with Crippen LogP contribution >= 0.6 is 0 Å². The van der Waals surface area contributed by atoms with Crippen molar-refractivity contribution < 1.29 is 20.1 Å². The average molecular weight is 261 g/mol. The summed E-state index contributed by atoms with van der Waals surface area (Å²) in [6.07, 6.45) is -5.63. The normalized spacial score (nSPS) is 31.7. The highest BCUT2D eigenvalue weighted by molar-refractivity contribution is 4.90. The SMILES string of the molecule is O=c1[nH]c(=O)n([C@@H]2O[C@H](CO)[C@@H](O)[C@H]2O)c(=O)[nH]1. The first-order valence-electron chi connectivity index (χ1n) is 5.03. The number of nitrogens with zero attached hydrogens (tertiary/aromatic N) is 1. The Labute approximate surface area is 98.1 Å². The lowest BCUT2D eigenvalue weighted by atomic mass is 10.1. The second-order valence-corrected chi connectivity index (χ2v) is 3.79. The number of aliphatic hydroxyl groups excluding tert-OH is 3. The van der Waals surface area contributed by atoms with Crippen LogP contribution in [0, 0.1) is 0 Å². The Balaban J connectivity index is 2.48. The Kier molecular flexibility index (Phi) is 3.17. The Morgan fingerprint density at radius 3 is 2.11 bits per heavy atom.